The number of amides is 2. The quantitative estimate of drug-likeness (QED) is 0.877. The number of hydrogen-bond donors (Lipinski definition) is 1. The second-order valence-electron chi connectivity index (χ2n) is 5.65. The molecule has 6 nitrogen and oxygen atoms in total. The third-order valence-electron chi connectivity index (χ3n) is 4.02. The monoisotopic (exact) mass is 305 g/mol. The van der Waals surface area contributed by atoms with Crippen molar-refractivity contribution in [1.29, 1.82) is 0 Å². The molecule has 6 heteroatoms. The largest absolute Gasteiger partial charge is 0.497 e. The maximum atomic E-state index is 11.6. The van der Waals surface area contributed by atoms with Gasteiger partial charge in [-0.15, -0.1) is 0 Å². The Kier molecular flexibility index (Phi) is 5.38. The molecule has 1 aliphatic rings. The molecule has 0 radical (unpaired) electrons. The first-order valence-electron chi connectivity index (χ1n) is 7.39. The number of rotatable bonds is 4. The molecule has 0 aromatic heterocycles. The molecule has 1 atom stereocenters. The molecule has 1 aliphatic heterocycles. The van der Waals surface area contributed by atoms with Gasteiger partial charge in [-0.1, -0.05) is 12.1 Å². The van der Waals surface area contributed by atoms with Crippen LogP contribution in [0, 0.1) is 5.92 Å². The summed E-state index contributed by atoms with van der Waals surface area (Å²) in [5.41, 5.74) is 6.61. The van der Waals surface area contributed by atoms with Gasteiger partial charge in [0.1, 0.15) is 5.75 Å². The molecule has 0 saturated carbocycles. The van der Waals surface area contributed by atoms with Crippen LogP contribution in [-0.2, 0) is 16.1 Å². The van der Waals surface area contributed by atoms with Crippen LogP contribution in [0.1, 0.15) is 12.5 Å². The van der Waals surface area contributed by atoms with Crippen LogP contribution in [0.25, 0.3) is 0 Å². The molecule has 1 fully saturated rings. The van der Waals surface area contributed by atoms with Crippen LogP contribution in [0.5, 0.6) is 5.75 Å². The van der Waals surface area contributed by atoms with Gasteiger partial charge in [0, 0.05) is 39.6 Å². The van der Waals surface area contributed by atoms with Gasteiger partial charge in [0.25, 0.3) is 0 Å². The van der Waals surface area contributed by atoms with Crippen molar-refractivity contribution in [3.05, 3.63) is 29.8 Å². The van der Waals surface area contributed by atoms with E-state index in [1.54, 1.807) is 12.0 Å². The number of nitrogens with two attached hydrogens (primary N) is 1. The highest BCUT2D eigenvalue weighted by Gasteiger charge is 2.27. The molecule has 0 unspecified atom stereocenters. The number of primary amides is 1. The topological polar surface area (TPSA) is 75.9 Å². The standard InChI is InChI=1S/C16H23N3O3/c1-12(20)19-8-7-18(10-14(11-19)16(17)21)9-13-3-5-15(22-2)6-4-13/h3-6,14H,7-11H2,1-2H3,(H2,17,21)/t14-/m1/s1. The highest BCUT2D eigenvalue weighted by Crippen LogP contribution is 2.16. The number of ether oxygens (including phenoxy) is 1. The number of methoxy groups -OCH3 is 1. The highest BCUT2D eigenvalue weighted by molar-refractivity contribution is 5.79. The molecule has 2 N–H and O–H groups in total. The predicted molar refractivity (Wildman–Crippen MR) is 83.2 cm³/mol. The third-order valence-corrected chi connectivity index (χ3v) is 4.02. The second-order valence-corrected chi connectivity index (χ2v) is 5.65. The highest BCUT2D eigenvalue weighted by atomic mass is 16.5. The fourth-order valence-corrected chi connectivity index (χ4v) is 2.68. The summed E-state index contributed by atoms with van der Waals surface area (Å²) in [4.78, 5) is 27.1. The van der Waals surface area contributed by atoms with E-state index in [2.05, 4.69) is 4.90 Å². The Hall–Kier alpha value is -2.08. The Morgan fingerprint density at radius 2 is 1.91 bits per heavy atom. The van der Waals surface area contributed by atoms with Gasteiger partial charge in [-0.2, -0.15) is 0 Å². The average molecular weight is 305 g/mol. The lowest BCUT2D eigenvalue weighted by Crippen LogP contribution is -2.39. The van der Waals surface area contributed by atoms with E-state index in [1.807, 2.05) is 24.3 Å². The zero-order valence-corrected chi connectivity index (χ0v) is 13.1. The lowest BCUT2D eigenvalue weighted by Gasteiger charge is -2.22. The van der Waals surface area contributed by atoms with Crippen molar-refractivity contribution in [2.75, 3.05) is 33.3 Å². The van der Waals surface area contributed by atoms with Crippen LogP contribution in [0.4, 0.5) is 0 Å². The predicted octanol–water partition coefficient (Wildman–Crippen LogP) is 0.461. The smallest absolute Gasteiger partial charge is 0.223 e. The summed E-state index contributed by atoms with van der Waals surface area (Å²) in [6, 6.07) is 7.85. The fraction of sp³-hybridized carbons (Fsp3) is 0.500. The van der Waals surface area contributed by atoms with Gasteiger partial charge in [-0.3, -0.25) is 14.5 Å². The van der Waals surface area contributed by atoms with Gasteiger partial charge in [0.05, 0.1) is 13.0 Å². The van der Waals surface area contributed by atoms with Gasteiger partial charge in [0.2, 0.25) is 11.8 Å². The maximum absolute atomic E-state index is 11.6. The molecular formula is C16H23N3O3. The normalized spacial score (nSPS) is 19.5. The Bertz CT molecular complexity index is 530. The molecular weight excluding hydrogens is 282 g/mol. The summed E-state index contributed by atoms with van der Waals surface area (Å²) in [7, 11) is 1.64. The third kappa shape index (κ3) is 4.21. The first-order chi connectivity index (χ1) is 10.5. The van der Waals surface area contributed by atoms with Gasteiger partial charge < -0.3 is 15.4 Å². The number of nitrogens with zero attached hydrogens (tertiary/aromatic N) is 2. The summed E-state index contributed by atoms with van der Waals surface area (Å²) in [6.45, 7) is 4.58. The minimum absolute atomic E-state index is 0.0162. The Labute approximate surface area is 130 Å². The minimum atomic E-state index is -0.354. The van der Waals surface area contributed by atoms with Gasteiger partial charge >= 0.3 is 0 Å². The lowest BCUT2D eigenvalue weighted by molar-refractivity contribution is -0.130. The summed E-state index contributed by atoms with van der Waals surface area (Å²) < 4.78 is 5.15. The van der Waals surface area contributed by atoms with E-state index in [4.69, 9.17) is 10.5 Å². The first kappa shape index (κ1) is 16.3. The van der Waals surface area contributed by atoms with E-state index in [-0.39, 0.29) is 17.7 Å². The molecule has 2 rings (SSSR count). The lowest BCUT2D eigenvalue weighted by atomic mass is 10.1. The SMILES string of the molecule is COc1ccc(CN2CCN(C(C)=O)C[C@H](C(N)=O)C2)cc1. The number of benzene rings is 1. The van der Waals surface area contributed by atoms with E-state index in [1.165, 1.54) is 6.92 Å². The molecule has 2 amide bonds. The average Bonchev–Trinajstić information content (AvgIpc) is 2.71. The van der Waals surface area contributed by atoms with Crippen LogP contribution in [0.2, 0.25) is 0 Å². The van der Waals surface area contributed by atoms with E-state index in [9.17, 15) is 9.59 Å². The van der Waals surface area contributed by atoms with Crippen molar-refractivity contribution in [2.45, 2.75) is 13.5 Å². The zero-order valence-electron chi connectivity index (χ0n) is 13.1. The molecule has 120 valence electrons. The molecule has 22 heavy (non-hydrogen) atoms. The van der Waals surface area contributed by atoms with E-state index >= 15 is 0 Å². The minimum Gasteiger partial charge on any atom is -0.497 e. The molecule has 1 aromatic rings. The van der Waals surface area contributed by atoms with Crippen molar-refractivity contribution >= 4 is 11.8 Å². The van der Waals surface area contributed by atoms with Crippen molar-refractivity contribution in [3.63, 3.8) is 0 Å². The maximum Gasteiger partial charge on any atom is 0.223 e. The molecule has 1 saturated heterocycles. The molecule has 0 aliphatic carbocycles. The summed E-state index contributed by atoms with van der Waals surface area (Å²) >= 11 is 0. The van der Waals surface area contributed by atoms with E-state index < -0.39 is 0 Å². The van der Waals surface area contributed by atoms with Crippen molar-refractivity contribution in [1.82, 2.24) is 9.80 Å². The Morgan fingerprint density at radius 3 is 2.45 bits per heavy atom. The van der Waals surface area contributed by atoms with E-state index in [0.717, 1.165) is 24.4 Å². The van der Waals surface area contributed by atoms with Gasteiger partial charge in [-0.05, 0) is 17.7 Å². The Balaban J connectivity index is 2.05. The molecule has 1 aromatic carbocycles. The molecule has 1 heterocycles. The second kappa shape index (κ2) is 7.26. The number of hydrogen-bond acceptors (Lipinski definition) is 4. The number of carbonyl (C=O) groups excluding carboxylic acids is 2. The summed E-state index contributed by atoms with van der Waals surface area (Å²) in [6.07, 6.45) is 0. The van der Waals surface area contributed by atoms with Crippen LogP contribution in [-0.4, -0.2) is 54.9 Å². The first-order valence-corrected chi connectivity index (χ1v) is 7.39. The zero-order chi connectivity index (χ0) is 16.1. The fourth-order valence-electron chi connectivity index (χ4n) is 2.68. The molecule has 0 spiro atoms. The summed E-state index contributed by atoms with van der Waals surface area (Å²) in [5.74, 6) is 0.118. The van der Waals surface area contributed by atoms with Crippen LogP contribution < -0.4 is 10.5 Å². The van der Waals surface area contributed by atoms with Crippen LogP contribution in [0.15, 0.2) is 24.3 Å². The number of carbonyl (C=O) groups is 2. The Morgan fingerprint density at radius 1 is 1.23 bits per heavy atom. The molecule has 0 bridgehead atoms. The van der Waals surface area contributed by atoms with E-state index in [0.29, 0.717) is 19.6 Å². The van der Waals surface area contributed by atoms with Gasteiger partial charge in [0.15, 0.2) is 0 Å². The van der Waals surface area contributed by atoms with Gasteiger partial charge in [-0.25, -0.2) is 0 Å². The van der Waals surface area contributed by atoms with Crippen LogP contribution >= 0.6 is 0 Å². The van der Waals surface area contributed by atoms with Crippen molar-refractivity contribution < 1.29 is 14.3 Å². The summed E-state index contributed by atoms with van der Waals surface area (Å²) in [5, 5.41) is 0. The van der Waals surface area contributed by atoms with Crippen molar-refractivity contribution in [3.8, 4) is 5.75 Å². The van der Waals surface area contributed by atoms with Crippen molar-refractivity contribution in [2.24, 2.45) is 11.7 Å². The van der Waals surface area contributed by atoms with Crippen LogP contribution in [0.3, 0.4) is 0 Å².